The van der Waals surface area contributed by atoms with Gasteiger partial charge in [-0.05, 0) is 25.1 Å². The monoisotopic (exact) mass is 220 g/mol. The first kappa shape index (κ1) is 11.1. The molecule has 16 heavy (non-hydrogen) atoms. The van der Waals surface area contributed by atoms with Crippen molar-refractivity contribution in [1.82, 2.24) is 10.6 Å². The number of amides is 1. The van der Waals surface area contributed by atoms with Crippen molar-refractivity contribution >= 4 is 5.91 Å². The molecule has 2 atom stereocenters. The van der Waals surface area contributed by atoms with Gasteiger partial charge in [-0.3, -0.25) is 4.79 Å². The molecule has 86 valence electrons. The third kappa shape index (κ3) is 2.59. The van der Waals surface area contributed by atoms with Gasteiger partial charge in [0.1, 0.15) is 0 Å². The van der Waals surface area contributed by atoms with Gasteiger partial charge in [0.25, 0.3) is 5.91 Å². The molecule has 4 nitrogen and oxygen atoms in total. The molecule has 1 fully saturated rings. The molecular weight excluding hydrogens is 204 g/mol. The average molecular weight is 220 g/mol. The van der Waals surface area contributed by atoms with E-state index < -0.39 is 6.10 Å². The molecule has 0 radical (unpaired) electrons. The van der Waals surface area contributed by atoms with E-state index in [1.807, 2.05) is 18.2 Å². The van der Waals surface area contributed by atoms with Crippen LogP contribution in [-0.2, 0) is 0 Å². The Kier molecular flexibility index (Phi) is 3.54. The summed E-state index contributed by atoms with van der Waals surface area (Å²) < 4.78 is 0. The van der Waals surface area contributed by atoms with Crippen LogP contribution in [0, 0.1) is 0 Å². The van der Waals surface area contributed by atoms with Crippen molar-refractivity contribution in [2.75, 3.05) is 13.1 Å². The Balaban J connectivity index is 1.96. The van der Waals surface area contributed by atoms with E-state index >= 15 is 0 Å². The Hall–Kier alpha value is -1.39. The quantitative estimate of drug-likeness (QED) is 0.664. The lowest BCUT2D eigenvalue weighted by atomic mass is 10.0. The molecule has 2 rings (SSSR count). The summed E-state index contributed by atoms with van der Waals surface area (Å²) in [6, 6.07) is 8.91. The standard InChI is InChI=1S/C12H16N2O2/c15-11-8-13-7-6-10(11)14-12(16)9-4-2-1-3-5-9/h1-5,10-11,13,15H,6-8H2,(H,14,16)/t10-,11+/m1/s1. The van der Waals surface area contributed by atoms with Crippen molar-refractivity contribution in [3.05, 3.63) is 35.9 Å². The maximum absolute atomic E-state index is 11.8. The number of carbonyl (C=O) groups excluding carboxylic acids is 1. The number of carbonyl (C=O) groups is 1. The molecule has 3 N–H and O–H groups in total. The zero-order chi connectivity index (χ0) is 11.4. The van der Waals surface area contributed by atoms with Crippen molar-refractivity contribution in [1.29, 1.82) is 0 Å². The number of β-amino-alcohol motifs (C(OH)–C–C–N with tert-alkyl or cyclic N) is 1. The van der Waals surface area contributed by atoms with Crippen LogP contribution < -0.4 is 10.6 Å². The third-order valence-electron chi connectivity index (χ3n) is 2.80. The predicted molar refractivity (Wildman–Crippen MR) is 61.2 cm³/mol. The number of aliphatic hydroxyl groups is 1. The molecule has 4 heteroatoms. The Morgan fingerprint density at radius 1 is 1.38 bits per heavy atom. The predicted octanol–water partition coefficient (Wildman–Crippen LogP) is 0.139. The lowest BCUT2D eigenvalue weighted by molar-refractivity contribution is 0.0765. The Labute approximate surface area is 94.7 Å². The van der Waals surface area contributed by atoms with E-state index in [1.54, 1.807) is 12.1 Å². The van der Waals surface area contributed by atoms with Crippen LogP contribution in [-0.4, -0.2) is 36.2 Å². The summed E-state index contributed by atoms with van der Waals surface area (Å²) in [4.78, 5) is 11.8. The lowest BCUT2D eigenvalue weighted by Crippen LogP contribution is -2.52. The molecule has 1 amide bonds. The zero-order valence-corrected chi connectivity index (χ0v) is 9.02. The maximum atomic E-state index is 11.8. The van der Waals surface area contributed by atoms with E-state index in [0.29, 0.717) is 12.1 Å². The van der Waals surface area contributed by atoms with Gasteiger partial charge in [-0.1, -0.05) is 18.2 Å². The van der Waals surface area contributed by atoms with Gasteiger partial charge in [0.15, 0.2) is 0 Å². The normalized spacial score (nSPS) is 25.1. The number of benzene rings is 1. The van der Waals surface area contributed by atoms with Gasteiger partial charge in [-0.25, -0.2) is 0 Å². The van der Waals surface area contributed by atoms with Crippen LogP contribution in [0.3, 0.4) is 0 Å². The van der Waals surface area contributed by atoms with Crippen LogP contribution in [0.5, 0.6) is 0 Å². The largest absolute Gasteiger partial charge is 0.390 e. The highest BCUT2D eigenvalue weighted by Gasteiger charge is 2.24. The molecule has 0 saturated carbocycles. The summed E-state index contributed by atoms with van der Waals surface area (Å²) in [5, 5.41) is 15.6. The summed E-state index contributed by atoms with van der Waals surface area (Å²) in [6.45, 7) is 1.37. The Morgan fingerprint density at radius 3 is 2.81 bits per heavy atom. The molecule has 0 unspecified atom stereocenters. The molecule has 0 spiro atoms. The number of hydrogen-bond donors (Lipinski definition) is 3. The molecule has 1 aromatic carbocycles. The second-order valence-electron chi connectivity index (χ2n) is 4.01. The van der Waals surface area contributed by atoms with E-state index in [4.69, 9.17) is 0 Å². The molecular formula is C12H16N2O2. The first-order valence-corrected chi connectivity index (χ1v) is 5.52. The third-order valence-corrected chi connectivity index (χ3v) is 2.80. The van der Waals surface area contributed by atoms with Gasteiger partial charge in [0.05, 0.1) is 12.1 Å². The first-order valence-electron chi connectivity index (χ1n) is 5.52. The molecule has 0 aromatic heterocycles. The van der Waals surface area contributed by atoms with Gasteiger partial charge >= 0.3 is 0 Å². The second kappa shape index (κ2) is 5.09. The minimum atomic E-state index is -0.499. The Bertz CT molecular complexity index is 353. The Morgan fingerprint density at radius 2 is 2.12 bits per heavy atom. The van der Waals surface area contributed by atoms with E-state index in [0.717, 1.165) is 13.0 Å². The fourth-order valence-corrected chi connectivity index (χ4v) is 1.85. The minimum absolute atomic E-state index is 0.119. The van der Waals surface area contributed by atoms with Crippen LogP contribution in [0.15, 0.2) is 30.3 Å². The van der Waals surface area contributed by atoms with E-state index in [-0.39, 0.29) is 11.9 Å². The summed E-state index contributed by atoms with van der Waals surface area (Å²) in [7, 11) is 0. The fraction of sp³-hybridized carbons (Fsp3) is 0.417. The van der Waals surface area contributed by atoms with Crippen molar-refractivity contribution in [2.45, 2.75) is 18.6 Å². The smallest absolute Gasteiger partial charge is 0.251 e. The van der Waals surface area contributed by atoms with Gasteiger partial charge < -0.3 is 15.7 Å². The SMILES string of the molecule is O=C(N[C@@H]1CCNC[C@@H]1O)c1ccccc1. The summed E-state index contributed by atoms with van der Waals surface area (Å²) in [5.74, 6) is -0.119. The first-order chi connectivity index (χ1) is 7.77. The molecule has 0 bridgehead atoms. The van der Waals surface area contributed by atoms with Gasteiger partial charge in [0.2, 0.25) is 0 Å². The van der Waals surface area contributed by atoms with Crippen LogP contribution in [0.1, 0.15) is 16.8 Å². The van der Waals surface area contributed by atoms with E-state index in [1.165, 1.54) is 0 Å². The van der Waals surface area contributed by atoms with Crippen molar-refractivity contribution in [2.24, 2.45) is 0 Å². The highest BCUT2D eigenvalue weighted by atomic mass is 16.3. The van der Waals surface area contributed by atoms with Crippen molar-refractivity contribution < 1.29 is 9.90 Å². The van der Waals surface area contributed by atoms with Gasteiger partial charge in [-0.2, -0.15) is 0 Å². The molecule has 1 heterocycles. The minimum Gasteiger partial charge on any atom is -0.390 e. The average Bonchev–Trinajstić information content (AvgIpc) is 2.33. The number of rotatable bonds is 2. The zero-order valence-electron chi connectivity index (χ0n) is 9.02. The summed E-state index contributed by atoms with van der Waals surface area (Å²) >= 11 is 0. The van der Waals surface area contributed by atoms with Gasteiger partial charge in [0, 0.05) is 12.1 Å². The number of hydrogen-bond acceptors (Lipinski definition) is 3. The fourth-order valence-electron chi connectivity index (χ4n) is 1.85. The summed E-state index contributed by atoms with van der Waals surface area (Å²) in [6.07, 6.45) is 0.265. The molecule has 1 saturated heterocycles. The van der Waals surface area contributed by atoms with Crippen LogP contribution in [0.25, 0.3) is 0 Å². The lowest BCUT2D eigenvalue weighted by Gasteiger charge is -2.29. The molecule has 1 aliphatic heterocycles. The second-order valence-corrected chi connectivity index (χ2v) is 4.01. The number of nitrogens with one attached hydrogen (secondary N) is 2. The molecule has 1 aliphatic rings. The maximum Gasteiger partial charge on any atom is 0.251 e. The number of piperidine rings is 1. The van der Waals surface area contributed by atoms with E-state index in [2.05, 4.69) is 10.6 Å². The molecule has 1 aromatic rings. The summed E-state index contributed by atoms with van der Waals surface area (Å²) in [5.41, 5.74) is 0.633. The topological polar surface area (TPSA) is 61.4 Å². The highest BCUT2D eigenvalue weighted by molar-refractivity contribution is 5.94. The van der Waals surface area contributed by atoms with Crippen molar-refractivity contribution in [3.8, 4) is 0 Å². The van der Waals surface area contributed by atoms with Crippen LogP contribution in [0.4, 0.5) is 0 Å². The van der Waals surface area contributed by atoms with Crippen LogP contribution >= 0.6 is 0 Å². The molecule has 0 aliphatic carbocycles. The van der Waals surface area contributed by atoms with E-state index in [9.17, 15) is 9.90 Å². The van der Waals surface area contributed by atoms with Crippen molar-refractivity contribution in [3.63, 3.8) is 0 Å². The highest BCUT2D eigenvalue weighted by Crippen LogP contribution is 2.05. The number of aliphatic hydroxyl groups excluding tert-OH is 1. The van der Waals surface area contributed by atoms with Gasteiger partial charge in [-0.15, -0.1) is 0 Å². The van der Waals surface area contributed by atoms with Crippen LogP contribution in [0.2, 0.25) is 0 Å².